The van der Waals surface area contributed by atoms with Gasteiger partial charge in [-0.25, -0.2) is 4.79 Å². The van der Waals surface area contributed by atoms with Crippen molar-refractivity contribution in [3.8, 4) is 0 Å². The van der Waals surface area contributed by atoms with Crippen LogP contribution >= 0.6 is 15.9 Å². The van der Waals surface area contributed by atoms with Crippen LogP contribution in [0.25, 0.3) is 0 Å². The molecule has 2 atom stereocenters. The first kappa shape index (κ1) is 15.3. The summed E-state index contributed by atoms with van der Waals surface area (Å²) in [6.45, 7) is 2.32. The minimum atomic E-state index is -1.36. The molecule has 100 valence electrons. The van der Waals surface area contributed by atoms with Gasteiger partial charge in [0.2, 0.25) is 0 Å². The Morgan fingerprint density at radius 2 is 2.22 bits per heavy atom. The van der Waals surface area contributed by atoms with Gasteiger partial charge in [0.05, 0.1) is 21.3 Å². The number of halogens is 1. The lowest BCUT2D eigenvalue weighted by atomic mass is 10.2. The van der Waals surface area contributed by atoms with Gasteiger partial charge in [-0.3, -0.25) is 4.21 Å². The molecule has 1 aromatic rings. The summed E-state index contributed by atoms with van der Waals surface area (Å²) in [4.78, 5) is 11.4. The van der Waals surface area contributed by atoms with Gasteiger partial charge >= 0.3 is 5.97 Å². The Hall–Kier alpha value is -0.720. The number of ether oxygens (including phenoxy) is 1. The van der Waals surface area contributed by atoms with Crippen LogP contribution in [0.15, 0.2) is 27.6 Å². The maximum atomic E-state index is 12.3. The normalized spacial score (nSPS) is 14.2. The summed E-state index contributed by atoms with van der Waals surface area (Å²) >= 11 is 3.26. The van der Waals surface area contributed by atoms with Gasteiger partial charge in [0, 0.05) is 23.4 Å². The van der Waals surface area contributed by atoms with Gasteiger partial charge in [-0.15, -0.1) is 0 Å². The van der Waals surface area contributed by atoms with E-state index in [0.29, 0.717) is 17.9 Å². The molecule has 0 aliphatic heterocycles. The number of hydrogen-bond donors (Lipinski definition) is 1. The molecule has 1 aromatic carbocycles. The van der Waals surface area contributed by atoms with Crippen LogP contribution in [0.1, 0.15) is 23.7 Å². The Morgan fingerprint density at radius 1 is 1.56 bits per heavy atom. The molecule has 18 heavy (non-hydrogen) atoms. The van der Waals surface area contributed by atoms with Crippen molar-refractivity contribution >= 4 is 32.7 Å². The van der Waals surface area contributed by atoms with Crippen molar-refractivity contribution in [3.05, 3.63) is 28.2 Å². The molecule has 0 saturated heterocycles. The van der Waals surface area contributed by atoms with Gasteiger partial charge in [-0.05, 0) is 24.6 Å². The largest absolute Gasteiger partial charge is 0.478 e. The summed E-state index contributed by atoms with van der Waals surface area (Å²) in [5, 5.41) is 8.93. The minimum absolute atomic E-state index is 0.0841. The van der Waals surface area contributed by atoms with Crippen molar-refractivity contribution in [2.24, 2.45) is 0 Å². The standard InChI is InChI=1S/C12H15BrO4S/c1-8(5-6-17-2)18(16)11-7-9(13)3-4-10(11)12(14)15/h3-4,7-8H,5-6H2,1-2H3,(H,14,15). The third-order valence-corrected chi connectivity index (χ3v) is 4.72. The van der Waals surface area contributed by atoms with Crippen molar-refractivity contribution in [2.75, 3.05) is 13.7 Å². The zero-order valence-electron chi connectivity index (χ0n) is 10.2. The second-order valence-corrected chi connectivity index (χ2v) is 6.59. The van der Waals surface area contributed by atoms with E-state index in [2.05, 4.69) is 15.9 Å². The molecular weight excluding hydrogens is 320 g/mol. The van der Waals surface area contributed by atoms with Gasteiger partial charge < -0.3 is 9.84 Å². The van der Waals surface area contributed by atoms with Crippen LogP contribution in [0.3, 0.4) is 0 Å². The molecule has 0 bridgehead atoms. The molecule has 0 aliphatic carbocycles. The first-order valence-electron chi connectivity index (χ1n) is 5.39. The predicted octanol–water partition coefficient (Wildman–Crippen LogP) is 2.68. The molecule has 4 nitrogen and oxygen atoms in total. The molecule has 0 saturated carbocycles. The van der Waals surface area contributed by atoms with Crippen molar-refractivity contribution in [1.29, 1.82) is 0 Å². The number of carbonyl (C=O) groups is 1. The smallest absolute Gasteiger partial charge is 0.336 e. The average molecular weight is 335 g/mol. The highest BCUT2D eigenvalue weighted by Crippen LogP contribution is 2.23. The van der Waals surface area contributed by atoms with Crippen LogP contribution in [0.2, 0.25) is 0 Å². The van der Waals surface area contributed by atoms with E-state index in [1.165, 1.54) is 6.07 Å². The van der Waals surface area contributed by atoms with E-state index in [9.17, 15) is 9.00 Å². The van der Waals surface area contributed by atoms with E-state index < -0.39 is 16.8 Å². The SMILES string of the molecule is COCCC(C)S(=O)c1cc(Br)ccc1C(=O)O. The number of benzene rings is 1. The van der Waals surface area contributed by atoms with E-state index in [1.807, 2.05) is 6.92 Å². The van der Waals surface area contributed by atoms with Crippen LogP contribution in [-0.4, -0.2) is 34.3 Å². The van der Waals surface area contributed by atoms with Crippen LogP contribution in [0, 0.1) is 0 Å². The van der Waals surface area contributed by atoms with E-state index in [4.69, 9.17) is 9.84 Å². The van der Waals surface area contributed by atoms with Gasteiger partial charge in [0.25, 0.3) is 0 Å². The first-order chi connectivity index (χ1) is 8.47. The summed E-state index contributed by atoms with van der Waals surface area (Å²) in [7, 11) is 0.218. The predicted molar refractivity (Wildman–Crippen MR) is 73.5 cm³/mol. The number of methoxy groups -OCH3 is 1. The molecule has 2 unspecified atom stereocenters. The molecule has 0 spiro atoms. The molecule has 1 rings (SSSR count). The third kappa shape index (κ3) is 3.90. The zero-order chi connectivity index (χ0) is 13.7. The maximum Gasteiger partial charge on any atom is 0.336 e. The fourth-order valence-corrected chi connectivity index (χ4v) is 3.32. The Labute approximate surface area is 117 Å². The van der Waals surface area contributed by atoms with Crippen LogP contribution in [0.4, 0.5) is 0 Å². The number of rotatable bonds is 6. The summed E-state index contributed by atoms with van der Waals surface area (Å²) < 4.78 is 18.0. The van der Waals surface area contributed by atoms with Gasteiger partial charge in [-0.2, -0.15) is 0 Å². The summed E-state index contributed by atoms with van der Waals surface area (Å²) in [6.07, 6.45) is 0.620. The second kappa shape index (κ2) is 7.01. The second-order valence-electron chi connectivity index (χ2n) is 3.84. The van der Waals surface area contributed by atoms with Crippen LogP contribution in [-0.2, 0) is 15.5 Å². The summed E-state index contributed by atoms with van der Waals surface area (Å²) in [5.74, 6) is -1.07. The van der Waals surface area contributed by atoms with Crippen molar-refractivity contribution < 1.29 is 18.8 Å². The highest BCUT2D eigenvalue weighted by atomic mass is 79.9. The lowest BCUT2D eigenvalue weighted by Gasteiger charge is -2.13. The first-order valence-corrected chi connectivity index (χ1v) is 7.40. The van der Waals surface area contributed by atoms with Crippen molar-refractivity contribution in [2.45, 2.75) is 23.5 Å². The monoisotopic (exact) mass is 334 g/mol. The van der Waals surface area contributed by atoms with Crippen LogP contribution < -0.4 is 0 Å². The molecule has 0 heterocycles. The molecule has 6 heteroatoms. The third-order valence-electron chi connectivity index (χ3n) is 2.48. The Balaban J connectivity index is 3.03. The lowest BCUT2D eigenvalue weighted by Crippen LogP contribution is -2.16. The number of carboxylic acid groups (broad SMARTS) is 1. The molecular formula is C12H15BrO4S. The van der Waals surface area contributed by atoms with E-state index in [1.54, 1.807) is 19.2 Å². The summed E-state index contributed by atoms with van der Waals surface area (Å²) in [6, 6.07) is 4.69. The average Bonchev–Trinajstić information content (AvgIpc) is 2.34. The molecule has 1 N–H and O–H groups in total. The van der Waals surface area contributed by atoms with Crippen molar-refractivity contribution in [1.82, 2.24) is 0 Å². The maximum absolute atomic E-state index is 12.3. The Bertz CT molecular complexity index is 461. The van der Waals surface area contributed by atoms with Gasteiger partial charge in [0.1, 0.15) is 0 Å². The van der Waals surface area contributed by atoms with Gasteiger partial charge in [0.15, 0.2) is 0 Å². The number of hydrogen-bond acceptors (Lipinski definition) is 3. The Kier molecular flexibility index (Phi) is 5.98. The highest BCUT2D eigenvalue weighted by molar-refractivity contribution is 9.10. The Morgan fingerprint density at radius 3 is 2.78 bits per heavy atom. The lowest BCUT2D eigenvalue weighted by molar-refractivity contribution is 0.0693. The van der Waals surface area contributed by atoms with E-state index in [-0.39, 0.29) is 10.8 Å². The fourth-order valence-electron chi connectivity index (χ4n) is 1.45. The van der Waals surface area contributed by atoms with Gasteiger partial charge in [-0.1, -0.05) is 22.9 Å². The minimum Gasteiger partial charge on any atom is -0.478 e. The van der Waals surface area contributed by atoms with Crippen LogP contribution in [0.5, 0.6) is 0 Å². The fraction of sp³-hybridized carbons (Fsp3) is 0.417. The molecule has 0 aliphatic rings. The topological polar surface area (TPSA) is 63.6 Å². The molecule has 0 aromatic heterocycles. The van der Waals surface area contributed by atoms with E-state index >= 15 is 0 Å². The highest BCUT2D eigenvalue weighted by Gasteiger charge is 2.20. The van der Waals surface area contributed by atoms with Crippen molar-refractivity contribution in [3.63, 3.8) is 0 Å². The van der Waals surface area contributed by atoms with E-state index in [0.717, 1.165) is 4.47 Å². The number of carboxylic acids is 1. The summed E-state index contributed by atoms with van der Waals surface area (Å²) in [5.41, 5.74) is 0.0841. The molecule has 0 fully saturated rings. The molecule has 0 radical (unpaired) electrons. The number of aromatic carboxylic acids is 1. The zero-order valence-corrected chi connectivity index (χ0v) is 12.6. The quantitative estimate of drug-likeness (QED) is 0.868. The molecule has 0 amide bonds.